The van der Waals surface area contributed by atoms with E-state index in [2.05, 4.69) is 47.9 Å². The topological polar surface area (TPSA) is 41.1 Å². The molecule has 0 spiro atoms. The quantitative estimate of drug-likeness (QED) is 0.875. The number of carbonyl (C=O) groups is 1. The smallest absolute Gasteiger partial charge is 0.223 e. The van der Waals surface area contributed by atoms with Crippen molar-refractivity contribution in [1.29, 1.82) is 0 Å². The molecule has 2 N–H and O–H groups in total. The molecule has 1 aliphatic heterocycles. The maximum absolute atomic E-state index is 12.3. The first-order chi connectivity index (χ1) is 10.2. The van der Waals surface area contributed by atoms with E-state index in [0.29, 0.717) is 11.5 Å². The second-order valence-corrected chi connectivity index (χ2v) is 6.96. The van der Waals surface area contributed by atoms with Crippen molar-refractivity contribution in [2.75, 3.05) is 13.1 Å². The number of carbonyl (C=O) groups excluding carboxylic acids is 1. The third-order valence-electron chi connectivity index (χ3n) is 5.01. The lowest BCUT2D eigenvalue weighted by Crippen LogP contribution is -2.43. The lowest BCUT2D eigenvalue weighted by atomic mass is 9.91. The van der Waals surface area contributed by atoms with Gasteiger partial charge in [0.2, 0.25) is 5.91 Å². The van der Waals surface area contributed by atoms with Gasteiger partial charge >= 0.3 is 0 Å². The van der Waals surface area contributed by atoms with Gasteiger partial charge in [-0.15, -0.1) is 12.4 Å². The average molecular weight is 323 g/mol. The molecule has 1 amide bonds. The Morgan fingerprint density at radius 3 is 2.68 bits per heavy atom. The lowest BCUT2D eigenvalue weighted by Gasteiger charge is -2.28. The number of nitrogens with one attached hydrogen (secondary N) is 2. The molecule has 2 fully saturated rings. The molecule has 1 heterocycles. The standard InChI is InChI=1S/C18H26N2O.ClH/c1-14-11-16(7-10-19-14)17(21)20-13-18(8-9-18)12-15-5-3-2-4-6-15;/h2-6,14,16,19H,7-13H2,1H3,(H,20,21);1H/t14-,16-;/m0./s1. The molecular weight excluding hydrogens is 296 g/mol. The molecule has 3 nitrogen and oxygen atoms in total. The van der Waals surface area contributed by atoms with Gasteiger partial charge in [0.05, 0.1) is 0 Å². The predicted molar refractivity (Wildman–Crippen MR) is 92.3 cm³/mol. The highest BCUT2D eigenvalue weighted by Gasteiger charge is 2.42. The van der Waals surface area contributed by atoms with Gasteiger partial charge < -0.3 is 10.6 Å². The average Bonchev–Trinajstić information content (AvgIpc) is 3.26. The van der Waals surface area contributed by atoms with E-state index in [-0.39, 0.29) is 24.2 Å². The summed E-state index contributed by atoms with van der Waals surface area (Å²) in [5.41, 5.74) is 1.72. The Kier molecular flexibility index (Phi) is 5.87. The van der Waals surface area contributed by atoms with Crippen LogP contribution in [0.5, 0.6) is 0 Å². The number of halogens is 1. The summed E-state index contributed by atoms with van der Waals surface area (Å²) in [4.78, 5) is 12.3. The second kappa shape index (κ2) is 7.47. The van der Waals surface area contributed by atoms with E-state index in [4.69, 9.17) is 0 Å². The number of amides is 1. The Labute approximate surface area is 139 Å². The number of piperidine rings is 1. The highest BCUT2D eigenvalue weighted by molar-refractivity contribution is 5.85. The molecule has 122 valence electrons. The van der Waals surface area contributed by atoms with Crippen LogP contribution in [0.3, 0.4) is 0 Å². The predicted octanol–water partition coefficient (Wildman–Crippen LogP) is 2.94. The van der Waals surface area contributed by atoms with E-state index in [9.17, 15) is 4.79 Å². The van der Waals surface area contributed by atoms with Crippen molar-refractivity contribution in [1.82, 2.24) is 10.6 Å². The number of rotatable bonds is 5. The highest BCUT2D eigenvalue weighted by atomic mass is 35.5. The summed E-state index contributed by atoms with van der Waals surface area (Å²) in [5.74, 6) is 0.469. The van der Waals surface area contributed by atoms with Gasteiger partial charge in [-0.2, -0.15) is 0 Å². The van der Waals surface area contributed by atoms with Gasteiger partial charge in [-0.1, -0.05) is 30.3 Å². The van der Waals surface area contributed by atoms with Crippen molar-refractivity contribution in [2.24, 2.45) is 11.3 Å². The summed E-state index contributed by atoms with van der Waals surface area (Å²) in [7, 11) is 0. The molecule has 0 aromatic heterocycles. The number of hydrogen-bond donors (Lipinski definition) is 2. The fourth-order valence-corrected chi connectivity index (χ4v) is 3.41. The fourth-order valence-electron chi connectivity index (χ4n) is 3.41. The van der Waals surface area contributed by atoms with Crippen LogP contribution in [-0.4, -0.2) is 25.0 Å². The van der Waals surface area contributed by atoms with E-state index in [0.717, 1.165) is 32.4 Å². The zero-order valence-corrected chi connectivity index (χ0v) is 14.1. The molecule has 1 aromatic carbocycles. The molecular formula is C18H27ClN2O. The summed E-state index contributed by atoms with van der Waals surface area (Å²) in [6, 6.07) is 11.1. The first-order valence-electron chi connectivity index (χ1n) is 8.22. The molecule has 2 aliphatic rings. The van der Waals surface area contributed by atoms with Crippen LogP contribution in [0.1, 0.15) is 38.2 Å². The van der Waals surface area contributed by atoms with Crippen molar-refractivity contribution < 1.29 is 4.79 Å². The van der Waals surface area contributed by atoms with Crippen LogP contribution in [0.25, 0.3) is 0 Å². The molecule has 3 rings (SSSR count). The molecule has 2 atom stereocenters. The molecule has 0 unspecified atom stereocenters. The zero-order chi connectivity index (χ0) is 14.7. The summed E-state index contributed by atoms with van der Waals surface area (Å²) in [6.07, 6.45) is 5.52. The van der Waals surface area contributed by atoms with Crippen molar-refractivity contribution in [3.8, 4) is 0 Å². The Hall–Kier alpha value is -1.06. The number of hydrogen-bond acceptors (Lipinski definition) is 2. The third-order valence-corrected chi connectivity index (χ3v) is 5.01. The molecule has 0 radical (unpaired) electrons. The van der Waals surface area contributed by atoms with E-state index < -0.39 is 0 Å². The van der Waals surface area contributed by atoms with Crippen LogP contribution in [-0.2, 0) is 11.2 Å². The molecule has 1 saturated heterocycles. The zero-order valence-electron chi connectivity index (χ0n) is 13.3. The molecule has 22 heavy (non-hydrogen) atoms. The van der Waals surface area contributed by atoms with Gasteiger partial charge in [0.1, 0.15) is 0 Å². The Bertz CT molecular complexity index is 487. The van der Waals surface area contributed by atoms with Crippen LogP contribution in [0, 0.1) is 11.3 Å². The molecule has 1 saturated carbocycles. The van der Waals surface area contributed by atoms with Crippen molar-refractivity contribution in [3.63, 3.8) is 0 Å². The Balaban J connectivity index is 0.00000176. The van der Waals surface area contributed by atoms with Crippen LogP contribution >= 0.6 is 12.4 Å². The summed E-state index contributed by atoms with van der Waals surface area (Å²) < 4.78 is 0. The van der Waals surface area contributed by atoms with Crippen LogP contribution in [0.15, 0.2) is 30.3 Å². The van der Waals surface area contributed by atoms with E-state index in [1.54, 1.807) is 0 Å². The normalized spacial score (nSPS) is 25.9. The first kappa shape index (κ1) is 17.3. The molecule has 4 heteroatoms. The molecule has 0 bridgehead atoms. The minimum absolute atomic E-state index is 0. The van der Waals surface area contributed by atoms with Crippen molar-refractivity contribution >= 4 is 18.3 Å². The van der Waals surface area contributed by atoms with Gasteiger partial charge in [-0.05, 0) is 56.6 Å². The SMILES string of the molecule is C[C@H]1C[C@@H](C(=O)NCC2(Cc3ccccc3)CC2)CCN1.Cl. The van der Waals surface area contributed by atoms with Crippen LogP contribution in [0.2, 0.25) is 0 Å². The van der Waals surface area contributed by atoms with E-state index >= 15 is 0 Å². The van der Waals surface area contributed by atoms with E-state index in [1.165, 1.54) is 18.4 Å². The van der Waals surface area contributed by atoms with Crippen molar-refractivity contribution in [3.05, 3.63) is 35.9 Å². The maximum Gasteiger partial charge on any atom is 0.223 e. The number of benzene rings is 1. The largest absolute Gasteiger partial charge is 0.355 e. The van der Waals surface area contributed by atoms with Gasteiger partial charge in [0.25, 0.3) is 0 Å². The summed E-state index contributed by atoms with van der Waals surface area (Å²) >= 11 is 0. The van der Waals surface area contributed by atoms with E-state index in [1.807, 2.05) is 0 Å². The van der Waals surface area contributed by atoms with Crippen molar-refractivity contribution in [2.45, 2.75) is 45.1 Å². The monoisotopic (exact) mass is 322 g/mol. The summed E-state index contributed by atoms with van der Waals surface area (Å²) in [6.45, 7) is 3.98. The fraction of sp³-hybridized carbons (Fsp3) is 0.611. The first-order valence-corrected chi connectivity index (χ1v) is 8.22. The Morgan fingerprint density at radius 1 is 1.32 bits per heavy atom. The Morgan fingerprint density at radius 2 is 2.05 bits per heavy atom. The maximum atomic E-state index is 12.3. The van der Waals surface area contributed by atoms with Crippen LogP contribution < -0.4 is 10.6 Å². The van der Waals surface area contributed by atoms with Gasteiger partial charge in [0, 0.05) is 18.5 Å². The highest BCUT2D eigenvalue weighted by Crippen LogP contribution is 2.47. The lowest BCUT2D eigenvalue weighted by molar-refractivity contribution is -0.126. The van der Waals surface area contributed by atoms with Gasteiger partial charge in [-0.3, -0.25) is 4.79 Å². The van der Waals surface area contributed by atoms with Crippen LogP contribution in [0.4, 0.5) is 0 Å². The molecule has 1 aliphatic carbocycles. The second-order valence-electron chi connectivity index (χ2n) is 6.96. The molecule has 1 aromatic rings. The minimum atomic E-state index is 0. The van der Waals surface area contributed by atoms with Gasteiger partial charge in [0.15, 0.2) is 0 Å². The summed E-state index contributed by atoms with van der Waals surface area (Å²) in [5, 5.41) is 6.63. The third kappa shape index (κ3) is 4.47. The minimum Gasteiger partial charge on any atom is -0.355 e. The van der Waals surface area contributed by atoms with Gasteiger partial charge in [-0.25, -0.2) is 0 Å².